The molecule has 3 N–H and O–H groups in total. The van der Waals surface area contributed by atoms with Crippen molar-refractivity contribution in [2.75, 3.05) is 13.6 Å². The number of rotatable bonds is 3. The number of hydrazine groups is 1. The molecule has 3 nitrogen and oxygen atoms in total. The molecule has 0 radical (unpaired) electrons. The molecule has 1 fully saturated rings. The molecular formula is C8H21Cl2N3. The summed E-state index contributed by atoms with van der Waals surface area (Å²) in [5, 5.41) is 3.18. The third-order valence-electron chi connectivity index (χ3n) is 2.55. The Morgan fingerprint density at radius 1 is 1.08 bits per heavy atom. The van der Waals surface area contributed by atoms with Gasteiger partial charge in [-0.25, -0.2) is 0 Å². The minimum Gasteiger partial charge on any atom is -0.320 e. The van der Waals surface area contributed by atoms with E-state index in [1.165, 1.54) is 6.42 Å². The summed E-state index contributed by atoms with van der Waals surface area (Å²) in [5.74, 6) is 0.766. The first-order valence-corrected chi connectivity index (χ1v) is 4.41. The van der Waals surface area contributed by atoms with Crippen LogP contribution in [-0.4, -0.2) is 25.7 Å². The molecule has 2 atom stereocenters. The summed E-state index contributed by atoms with van der Waals surface area (Å²) in [6, 6.07) is 1.22. The van der Waals surface area contributed by atoms with E-state index in [4.69, 9.17) is 0 Å². The minimum atomic E-state index is 0. The number of nitrogens with one attached hydrogen (secondary N) is 3. The largest absolute Gasteiger partial charge is 0.320 e. The lowest BCUT2D eigenvalue weighted by Gasteiger charge is -2.16. The van der Waals surface area contributed by atoms with Crippen LogP contribution >= 0.6 is 24.8 Å². The standard InChI is InChI=1S/C8H19N3.2ClH/c1-6-8(4-5-9-3)7(2)11-10-6;;/h6-11H,4-5H2,1-3H3;2*1H. The van der Waals surface area contributed by atoms with E-state index in [9.17, 15) is 0 Å². The first kappa shape index (κ1) is 15.9. The lowest BCUT2D eigenvalue weighted by Crippen LogP contribution is -2.30. The maximum Gasteiger partial charge on any atom is 0.0228 e. The maximum atomic E-state index is 3.25. The molecule has 0 aliphatic carbocycles. The van der Waals surface area contributed by atoms with Crippen LogP contribution < -0.4 is 16.2 Å². The second-order valence-electron chi connectivity index (χ2n) is 3.42. The Morgan fingerprint density at radius 2 is 1.54 bits per heavy atom. The highest BCUT2D eigenvalue weighted by Gasteiger charge is 2.28. The third kappa shape index (κ3) is 4.47. The highest BCUT2D eigenvalue weighted by Crippen LogP contribution is 2.17. The van der Waals surface area contributed by atoms with Gasteiger partial charge in [0.25, 0.3) is 0 Å². The van der Waals surface area contributed by atoms with Crippen LogP contribution in [0.5, 0.6) is 0 Å². The minimum absolute atomic E-state index is 0. The zero-order valence-electron chi connectivity index (χ0n) is 8.46. The molecule has 1 aliphatic heterocycles. The second kappa shape index (κ2) is 7.83. The Bertz CT molecular complexity index is 114. The van der Waals surface area contributed by atoms with Crippen LogP contribution in [-0.2, 0) is 0 Å². The topological polar surface area (TPSA) is 36.1 Å². The van der Waals surface area contributed by atoms with E-state index >= 15 is 0 Å². The SMILES string of the molecule is CNCCC1C(C)NNC1C.Cl.Cl. The molecule has 0 saturated carbocycles. The average Bonchev–Trinajstić information content (AvgIpc) is 2.29. The van der Waals surface area contributed by atoms with Gasteiger partial charge in [0.05, 0.1) is 0 Å². The first-order chi connectivity index (χ1) is 5.25. The van der Waals surface area contributed by atoms with E-state index < -0.39 is 0 Å². The van der Waals surface area contributed by atoms with Gasteiger partial charge in [0, 0.05) is 12.1 Å². The van der Waals surface area contributed by atoms with Crippen molar-refractivity contribution in [1.29, 1.82) is 0 Å². The number of halogens is 2. The van der Waals surface area contributed by atoms with Gasteiger partial charge in [0.2, 0.25) is 0 Å². The first-order valence-electron chi connectivity index (χ1n) is 4.41. The lowest BCUT2D eigenvalue weighted by atomic mass is 9.93. The van der Waals surface area contributed by atoms with Crippen LogP contribution in [0.25, 0.3) is 0 Å². The van der Waals surface area contributed by atoms with E-state index in [0.717, 1.165) is 12.5 Å². The fourth-order valence-corrected chi connectivity index (χ4v) is 1.72. The van der Waals surface area contributed by atoms with Crippen LogP contribution in [0, 0.1) is 5.92 Å². The van der Waals surface area contributed by atoms with Crippen LogP contribution in [0.1, 0.15) is 20.3 Å². The summed E-state index contributed by atoms with van der Waals surface area (Å²) in [4.78, 5) is 0. The Morgan fingerprint density at radius 3 is 1.92 bits per heavy atom. The Hall–Kier alpha value is 0.460. The van der Waals surface area contributed by atoms with Gasteiger partial charge in [-0.15, -0.1) is 24.8 Å². The zero-order valence-corrected chi connectivity index (χ0v) is 10.1. The predicted molar refractivity (Wildman–Crippen MR) is 61.7 cm³/mol. The zero-order chi connectivity index (χ0) is 8.27. The summed E-state index contributed by atoms with van der Waals surface area (Å²) in [5.41, 5.74) is 6.50. The quantitative estimate of drug-likeness (QED) is 0.675. The van der Waals surface area contributed by atoms with E-state index in [1.807, 2.05) is 7.05 Å². The van der Waals surface area contributed by atoms with E-state index in [1.54, 1.807) is 0 Å². The summed E-state index contributed by atoms with van der Waals surface area (Å²) in [6.07, 6.45) is 1.25. The maximum absolute atomic E-state index is 3.25. The van der Waals surface area contributed by atoms with Crippen molar-refractivity contribution < 1.29 is 0 Å². The van der Waals surface area contributed by atoms with Gasteiger partial charge in [0.15, 0.2) is 0 Å². The smallest absolute Gasteiger partial charge is 0.0228 e. The highest BCUT2D eigenvalue weighted by molar-refractivity contribution is 5.85. The van der Waals surface area contributed by atoms with Crippen molar-refractivity contribution >= 4 is 24.8 Å². The molecule has 0 aromatic rings. The molecule has 1 saturated heterocycles. The molecule has 0 amide bonds. The molecular weight excluding hydrogens is 209 g/mol. The van der Waals surface area contributed by atoms with Gasteiger partial charge < -0.3 is 5.32 Å². The van der Waals surface area contributed by atoms with Crippen molar-refractivity contribution in [2.45, 2.75) is 32.4 Å². The second-order valence-corrected chi connectivity index (χ2v) is 3.42. The number of hydrogen-bond acceptors (Lipinski definition) is 3. The molecule has 1 rings (SSSR count). The van der Waals surface area contributed by atoms with Gasteiger partial charge in [-0.2, -0.15) is 0 Å². The van der Waals surface area contributed by atoms with Gasteiger partial charge >= 0.3 is 0 Å². The van der Waals surface area contributed by atoms with Gasteiger partial charge in [0.1, 0.15) is 0 Å². The van der Waals surface area contributed by atoms with Crippen LogP contribution in [0.3, 0.4) is 0 Å². The monoisotopic (exact) mass is 229 g/mol. The molecule has 0 bridgehead atoms. The van der Waals surface area contributed by atoms with Crippen molar-refractivity contribution in [3.05, 3.63) is 0 Å². The molecule has 0 aromatic carbocycles. The molecule has 82 valence electrons. The lowest BCUT2D eigenvalue weighted by molar-refractivity contribution is 0.408. The summed E-state index contributed by atoms with van der Waals surface area (Å²) in [7, 11) is 2.01. The Balaban J connectivity index is 0. The van der Waals surface area contributed by atoms with Gasteiger partial charge in [-0.3, -0.25) is 10.9 Å². The van der Waals surface area contributed by atoms with Crippen molar-refractivity contribution in [2.24, 2.45) is 5.92 Å². The van der Waals surface area contributed by atoms with E-state index in [0.29, 0.717) is 12.1 Å². The van der Waals surface area contributed by atoms with Crippen LogP contribution in [0.2, 0.25) is 0 Å². The van der Waals surface area contributed by atoms with Crippen LogP contribution in [0.4, 0.5) is 0 Å². The average molecular weight is 230 g/mol. The normalized spacial score (nSPS) is 32.1. The third-order valence-corrected chi connectivity index (χ3v) is 2.55. The molecule has 13 heavy (non-hydrogen) atoms. The molecule has 0 spiro atoms. The summed E-state index contributed by atoms with van der Waals surface area (Å²) < 4.78 is 0. The Kier molecular flexibility index (Phi) is 9.58. The Labute approximate surface area is 93.2 Å². The van der Waals surface area contributed by atoms with Crippen LogP contribution in [0.15, 0.2) is 0 Å². The fraction of sp³-hybridized carbons (Fsp3) is 1.00. The van der Waals surface area contributed by atoms with E-state index in [2.05, 4.69) is 30.0 Å². The highest BCUT2D eigenvalue weighted by atomic mass is 35.5. The van der Waals surface area contributed by atoms with Gasteiger partial charge in [-0.05, 0) is 39.8 Å². The number of hydrogen-bond donors (Lipinski definition) is 3. The molecule has 1 heterocycles. The van der Waals surface area contributed by atoms with Crippen molar-refractivity contribution in [1.82, 2.24) is 16.2 Å². The molecule has 0 aromatic heterocycles. The summed E-state index contributed by atoms with van der Waals surface area (Å²) in [6.45, 7) is 5.58. The van der Waals surface area contributed by atoms with Crippen molar-refractivity contribution in [3.63, 3.8) is 0 Å². The predicted octanol–water partition coefficient (Wildman–Crippen LogP) is 0.940. The fourth-order valence-electron chi connectivity index (χ4n) is 1.72. The summed E-state index contributed by atoms with van der Waals surface area (Å²) >= 11 is 0. The molecule has 1 aliphatic rings. The van der Waals surface area contributed by atoms with Crippen molar-refractivity contribution in [3.8, 4) is 0 Å². The van der Waals surface area contributed by atoms with Gasteiger partial charge in [-0.1, -0.05) is 0 Å². The molecule has 2 unspecified atom stereocenters. The molecule has 5 heteroatoms. The van der Waals surface area contributed by atoms with E-state index in [-0.39, 0.29) is 24.8 Å².